The molecule has 0 bridgehead atoms. The van der Waals surface area contributed by atoms with E-state index in [1.165, 1.54) is 0 Å². The van der Waals surface area contributed by atoms with Crippen molar-refractivity contribution in [2.24, 2.45) is 0 Å². The van der Waals surface area contributed by atoms with Crippen molar-refractivity contribution in [1.82, 2.24) is 14.6 Å². The van der Waals surface area contributed by atoms with Gasteiger partial charge in [-0.15, -0.1) is 0 Å². The van der Waals surface area contributed by atoms with Crippen LogP contribution in [0.1, 0.15) is 12.6 Å². The quantitative estimate of drug-likeness (QED) is 0.536. The van der Waals surface area contributed by atoms with Crippen molar-refractivity contribution in [3.8, 4) is 11.3 Å². The van der Waals surface area contributed by atoms with Gasteiger partial charge in [-0.1, -0.05) is 54.6 Å². The van der Waals surface area contributed by atoms with Gasteiger partial charge in [0.1, 0.15) is 0 Å². The van der Waals surface area contributed by atoms with Crippen molar-refractivity contribution in [3.05, 3.63) is 66.5 Å². The number of esters is 1. The zero-order valence-electron chi connectivity index (χ0n) is 13.8. The summed E-state index contributed by atoms with van der Waals surface area (Å²) in [6, 6.07) is 18.1. The maximum atomic E-state index is 11.7. The summed E-state index contributed by atoms with van der Waals surface area (Å²) in [5, 5.41) is 6.79. The lowest BCUT2D eigenvalue weighted by Gasteiger charge is -2.07. The lowest BCUT2D eigenvalue weighted by Crippen LogP contribution is -2.07. The largest absolute Gasteiger partial charge is 0.466 e. The van der Waals surface area contributed by atoms with Gasteiger partial charge in [0.25, 0.3) is 0 Å². The number of hydrogen-bond donors (Lipinski definition) is 0. The number of rotatable bonds is 4. The van der Waals surface area contributed by atoms with Crippen LogP contribution in [0.25, 0.3) is 27.7 Å². The van der Waals surface area contributed by atoms with E-state index in [0.29, 0.717) is 12.3 Å². The zero-order chi connectivity index (χ0) is 17.2. The Balaban J connectivity index is 1.90. The fourth-order valence-corrected chi connectivity index (χ4v) is 2.98. The van der Waals surface area contributed by atoms with Gasteiger partial charge in [0.15, 0.2) is 5.65 Å². The van der Waals surface area contributed by atoms with E-state index in [2.05, 4.69) is 4.98 Å². The Kier molecular flexibility index (Phi) is 3.90. The van der Waals surface area contributed by atoms with Crippen LogP contribution in [-0.4, -0.2) is 27.2 Å². The van der Waals surface area contributed by atoms with E-state index in [4.69, 9.17) is 9.84 Å². The Hall–Kier alpha value is -3.21. The summed E-state index contributed by atoms with van der Waals surface area (Å²) in [6.07, 6.45) is 1.94. The summed E-state index contributed by atoms with van der Waals surface area (Å²) >= 11 is 0. The first-order chi connectivity index (χ1) is 12.3. The predicted octanol–water partition coefficient (Wildman–Crippen LogP) is 3.66. The molecule has 0 N–H and O–H groups in total. The summed E-state index contributed by atoms with van der Waals surface area (Å²) in [4.78, 5) is 16.3. The fraction of sp³-hybridized carbons (Fsp3) is 0.150. The summed E-state index contributed by atoms with van der Waals surface area (Å²) in [6.45, 7) is 2.16. The molecule has 0 aliphatic rings. The van der Waals surface area contributed by atoms with Crippen molar-refractivity contribution in [1.29, 1.82) is 0 Å². The molecular weight excluding hydrogens is 314 g/mol. The topological polar surface area (TPSA) is 56.5 Å². The Morgan fingerprint density at radius 1 is 1.04 bits per heavy atom. The van der Waals surface area contributed by atoms with Crippen molar-refractivity contribution in [2.45, 2.75) is 13.3 Å². The van der Waals surface area contributed by atoms with E-state index in [1.807, 2.05) is 54.6 Å². The number of benzene rings is 2. The first-order valence-corrected chi connectivity index (χ1v) is 8.24. The molecular formula is C20H17N3O2. The molecule has 4 rings (SSSR count). The highest BCUT2D eigenvalue weighted by Crippen LogP contribution is 2.28. The second kappa shape index (κ2) is 6.36. The normalized spacial score (nSPS) is 11.1. The second-order valence-electron chi connectivity index (χ2n) is 5.74. The second-order valence-corrected chi connectivity index (χ2v) is 5.74. The van der Waals surface area contributed by atoms with Gasteiger partial charge in [-0.2, -0.15) is 5.10 Å². The molecule has 0 aliphatic heterocycles. The van der Waals surface area contributed by atoms with E-state index in [-0.39, 0.29) is 12.4 Å². The lowest BCUT2D eigenvalue weighted by atomic mass is 10.1. The number of imidazole rings is 1. The molecule has 5 nitrogen and oxygen atoms in total. The van der Waals surface area contributed by atoms with E-state index >= 15 is 0 Å². The third kappa shape index (κ3) is 2.85. The standard InChI is InChI=1S/C20H17N3O2/c1-2-25-18(24)12-15-13-23-20(21-15)17-11-7-6-10-16(17)19(22-23)14-8-4-3-5-9-14/h3-11,13H,2,12H2,1H3. The molecule has 2 aromatic heterocycles. The molecule has 0 saturated carbocycles. The molecule has 124 valence electrons. The molecule has 0 fully saturated rings. The summed E-state index contributed by atoms with van der Waals surface area (Å²) in [5.74, 6) is -0.279. The number of carbonyl (C=O) groups excluding carboxylic acids is 1. The van der Waals surface area contributed by atoms with E-state index in [1.54, 1.807) is 17.6 Å². The Morgan fingerprint density at radius 3 is 2.52 bits per heavy atom. The SMILES string of the molecule is CCOC(=O)Cc1cn2nc(-c3ccccc3)c3ccccc3c2n1. The number of carbonyl (C=O) groups is 1. The van der Waals surface area contributed by atoms with E-state index in [0.717, 1.165) is 27.7 Å². The molecule has 0 aliphatic carbocycles. The van der Waals surface area contributed by atoms with Gasteiger partial charge in [-0.05, 0) is 6.92 Å². The van der Waals surface area contributed by atoms with Crippen LogP contribution < -0.4 is 0 Å². The van der Waals surface area contributed by atoms with Crippen molar-refractivity contribution in [2.75, 3.05) is 6.61 Å². The number of ether oxygens (including phenoxy) is 1. The van der Waals surface area contributed by atoms with Crippen molar-refractivity contribution in [3.63, 3.8) is 0 Å². The van der Waals surface area contributed by atoms with Crippen LogP contribution in [0.5, 0.6) is 0 Å². The third-order valence-electron chi connectivity index (χ3n) is 4.05. The average molecular weight is 331 g/mol. The van der Waals surface area contributed by atoms with Gasteiger partial charge in [-0.25, -0.2) is 9.50 Å². The Morgan fingerprint density at radius 2 is 1.76 bits per heavy atom. The monoisotopic (exact) mass is 331 g/mol. The lowest BCUT2D eigenvalue weighted by molar-refractivity contribution is -0.142. The minimum absolute atomic E-state index is 0.145. The molecule has 25 heavy (non-hydrogen) atoms. The number of aromatic nitrogens is 3. The maximum Gasteiger partial charge on any atom is 0.311 e. The van der Waals surface area contributed by atoms with Gasteiger partial charge in [0.2, 0.25) is 0 Å². The van der Waals surface area contributed by atoms with Crippen LogP contribution in [-0.2, 0) is 16.0 Å². The highest BCUT2D eigenvalue weighted by Gasteiger charge is 2.14. The first kappa shape index (κ1) is 15.3. The predicted molar refractivity (Wildman–Crippen MR) is 96.3 cm³/mol. The summed E-state index contributed by atoms with van der Waals surface area (Å²) in [5.41, 5.74) is 3.33. The molecule has 4 aromatic rings. The van der Waals surface area contributed by atoms with Crippen LogP contribution in [0.2, 0.25) is 0 Å². The maximum absolute atomic E-state index is 11.7. The molecule has 0 unspecified atom stereocenters. The number of nitrogens with zero attached hydrogens (tertiary/aromatic N) is 3. The molecule has 0 amide bonds. The smallest absolute Gasteiger partial charge is 0.311 e. The average Bonchev–Trinajstić information content (AvgIpc) is 3.04. The number of fused-ring (bicyclic) bond motifs is 3. The summed E-state index contributed by atoms with van der Waals surface area (Å²) in [7, 11) is 0. The molecule has 0 radical (unpaired) electrons. The van der Waals surface area contributed by atoms with E-state index in [9.17, 15) is 4.79 Å². The first-order valence-electron chi connectivity index (χ1n) is 8.24. The van der Waals surface area contributed by atoms with Crippen LogP contribution in [0.4, 0.5) is 0 Å². The van der Waals surface area contributed by atoms with Crippen molar-refractivity contribution < 1.29 is 9.53 Å². The number of hydrogen-bond acceptors (Lipinski definition) is 4. The van der Waals surface area contributed by atoms with Gasteiger partial charge in [-0.3, -0.25) is 4.79 Å². The molecule has 0 spiro atoms. The molecule has 5 heteroatoms. The van der Waals surface area contributed by atoms with Crippen LogP contribution >= 0.6 is 0 Å². The van der Waals surface area contributed by atoms with E-state index < -0.39 is 0 Å². The van der Waals surface area contributed by atoms with Gasteiger partial charge < -0.3 is 4.74 Å². The minimum atomic E-state index is -0.279. The van der Waals surface area contributed by atoms with Crippen LogP contribution in [0.15, 0.2) is 60.8 Å². The highest BCUT2D eigenvalue weighted by molar-refractivity contribution is 6.01. The molecule has 0 saturated heterocycles. The van der Waals surface area contributed by atoms with Gasteiger partial charge in [0.05, 0.1) is 30.6 Å². The Bertz CT molecular complexity index is 1050. The van der Waals surface area contributed by atoms with Crippen LogP contribution in [0, 0.1) is 0 Å². The molecule has 0 atom stereocenters. The highest BCUT2D eigenvalue weighted by atomic mass is 16.5. The summed E-state index contributed by atoms with van der Waals surface area (Å²) < 4.78 is 6.76. The Labute approximate surface area is 144 Å². The third-order valence-corrected chi connectivity index (χ3v) is 4.05. The van der Waals surface area contributed by atoms with Crippen LogP contribution in [0.3, 0.4) is 0 Å². The fourth-order valence-electron chi connectivity index (χ4n) is 2.98. The van der Waals surface area contributed by atoms with Gasteiger partial charge in [0, 0.05) is 16.3 Å². The zero-order valence-corrected chi connectivity index (χ0v) is 13.8. The minimum Gasteiger partial charge on any atom is -0.466 e. The van der Waals surface area contributed by atoms with Crippen molar-refractivity contribution >= 4 is 22.4 Å². The molecule has 2 aromatic carbocycles. The van der Waals surface area contributed by atoms with Gasteiger partial charge >= 0.3 is 5.97 Å². The molecule has 2 heterocycles.